The summed E-state index contributed by atoms with van der Waals surface area (Å²) in [5.41, 5.74) is 1.54. The number of ether oxygens (including phenoxy) is 1. The zero-order chi connectivity index (χ0) is 19.4. The van der Waals surface area contributed by atoms with Crippen LogP contribution in [0.2, 0.25) is 0 Å². The molecule has 3 unspecified atom stereocenters. The molecule has 6 N–H and O–H groups in total. The summed E-state index contributed by atoms with van der Waals surface area (Å²) in [5.74, 6) is 8.49. The summed E-state index contributed by atoms with van der Waals surface area (Å²) in [6.45, 7) is 2.65. The molecule has 3 heterocycles. The summed E-state index contributed by atoms with van der Waals surface area (Å²) in [6, 6.07) is 0. The van der Waals surface area contributed by atoms with E-state index in [1.54, 1.807) is 0 Å². The fourth-order valence-electron chi connectivity index (χ4n) is 3.04. The number of halogens is 2. The molecule has 0 saturated carbocycles. The van der Waals surface area contributed by atoms with Crippen LogP contribution in [0.3, 0.4) is 0 Å². The quantitative estimate of drug-likeness (QED) is 0.393. The first-order valence-corrected chi connectivity index (χ1v) is 7.61. The van der Waals surface area contributed by atoms with Gasteiger partial charge in [-0.2, -0.15) is 9.66 Å². The van der Waals surface area contributed by atoms with E-state index in [0.29, 0.717) is 4.68 Å². The monoisotopic (exact) mass is 369 g/mol. The lowest BCUT2D eigenvalue weighted by Crippen LogP contribution is -2.44. The van der Waals surface area contributed by atoms with Gasteiger partial charge in [0.25, 0.3) is 5.56 Å². The van der Waals surface area contributed by atoms with Crippen LogP contribution in [0.15, 0.2) is 11.0 Å². The summed E-state index contributed by atoms with van der Waals surface area (Å²) in [7, 11) is 0. The normalized spacial score (nSPS) is 29.5. The fraction of sp³-hybridized carbons (Fsp3) is 0.467. The largest absolute Gasteiger partial charge is 0.391 e. The first kappa shape index (κ1) is 18.1. The maximum atomic E-state index is 15.5. The van der Waals surface area contributed by atoms with Crippen molar-refractivity contribution in [1.82, 2.24) is 14.2 Å². The van der Waals surface area contributed by atoms with Crippen molar-refractivity contribution >= 4 is 17.0 Å². The average Bonchev–Trinajstić information content (AvgIpc) is 3.01. The van der Waals surface area contributed by atoms with E-state index in [2.05, 4.69) is 16.8 Å². The second kappa shape index (κ2) is 5.94. The molecular weight excluding hydrogens is 352 g/mol. The summed E-state index contributed by atoms with van der Waals surface area (Å²) < 4.78 is 36.6. The highest BCUT2D eigenvalue weighted by atomic mass is 19.1. The number of fused-ring (bicyclic) bond motifs is 1. The fourth-order valence-corrected chi connectivity index (χ4v) is 3.04. The Bertz CT molecular complexity index is 992. The lowest BCUT2D eigenvalue weighted by molar-refractivity contribution is -0.0776. The Hall–Kier alpha value is -2.68. The number of anilines is 1. The third-order valence-corrected chi connectivity index (χ3v) is 4.29. The van der Waals surface area contributed by atoms with Crippen molar-refractivity contribution in [2.45, 2.75) is 44.1 Å². The minimum absolute atomic E-state index is 0.324. The zero-order valence-corrected chi connectivity index (χ0v) is 13.8. The summed E-state index contributed by atoms with van der Waals surface area (Å²) >= 11 is 0. The van der Waals surface area contributed by atoms with Gasteiger partial charge in [-0.15, -0.1) is 5.92 Å². The summed E-state index contributed by atoms with van der Waals surface area (Å²) in [6.07, 6.45) is -5.30. The molecule has 1 aliphatic heterocycles. The van der Waals surface area contributed by atoms with E-state index in [1.165, 1.54) is 13.8 Å². The molecule has 0 amide bonds. The van der Waals surface area contributed by atoms with Crippen molar-refractivity contribution in [3.8, 4) is 11.8 Å². The van der Waals surface area contributed by atoms with Gasteiger partial charge in [-0.05, 0) is 13.8 Å². The second-order valence-electron chi connectivity index (χ2n) is 6.01. The maximum Gasteiger partial charge on any atom is 0.285 e. The number of rotatable bonds is 2. The Morgan fingerprint density at radius 3 is 2.77 bits per heavy atom. The molecular formula is C15H17F2N5O4. The van der Waals surface area contributed by atoms with Crippen LogP contribution in [-0.2, 0) is 4.74 Å². The van der Waals surface area contributed by atoms with Gasteiger partial charge in [-0.1, -0.05) is 5.92 Å². The number of nitrogen functional groups attached to an aromatic ring is 2. The lowest BCUT2D eigenvalue weighted by atomic mass is 9.94. The number of aromatic nitrogens is 3. The van der Waals surface area contributed by atoms with E-state index in [1.807, 2.05) is 0 Å². The van der Waals surface area contributed by atoms with Crippen molar-refractivity contribution in [1.29, 1.82) is 0 Å². The van der Waals surface area contributed by atoms with E-state index < -0.39 is 52.9 Å². The number of nitrogens with two attached hydrogens (primary N) is 2. The lowest BCUT2D eigenvalue weighted by Gasteiger charge is -2.24. The first-order valence-electron chi connectivity index (χ1n) is 7.61. The Morgan fingerprint density at radius 1 is 1.54 bits per heavy atom. The highest BCUT2D eigenvalue weighted by Crippen LogP contribution is 2.43. The van der Waals surface area contributed by atoms with Crippen molar-refractivity contribution in [3.05, 3.63) is 22.4 Å². The van der Waals surface area contributed by atoms with Crippen LogP contribution in [0.5, 0.6) is 0 Å². The third-order valence-electron chi connectivity index (χ3n) is 4.29. The molecule has 3 rings (SSSR count). The maximum absolute atomic E-state index is 15.5. The van der Waals surface area contributed by atoms with E-state index in [-0.39, 0.29) is 5.65 Å². The van der Waals surface area contributed by atoms with Crippen LogP contribution in [0.1, 0.15) is 20.1 Å². The summed E-state index contributed by atoms with van der Waals surface area (Å²) in [4.78, 5) is 16.0. The molecule has 140 valence electrons. The molecule has 2 aromatic heterocycles. The molecule has 1 saturated heterocycles. The molecule has 1 fully saturated rings. The number of hydrogen-bond donors (Lipinski definition) is 4. The molecule has 11 heteroatoms. The SMILES string of the molecule is CC#CC1(F)C(O)[C@@H]([C@H](C)O)OC1n1cc(F)c2c(=O)n(N)c(N)nc21. The number of hydrogen-bond acceptors (Lipinski definition) is 7. The van der Waals surface area contributed by atoms with Crippen LogP contribution < -0.4 is 17.1 Å². The van der Waals surface area contributed by atoms with Gasteiger partial charge in [0.2, 0.25) is 11.6 Å². The predicted octanol–water partition coefficient (Wildman–Crippen LogP) is -0.996. The molecule has 0 aliphatic carbocycles. The van der Waals surface area contributed by atoms with Crippen molar-refractivity contribution in [2.75, 3.05) is 11.6 Å². The number of nitrogens with zero attached hydrogens (tertiary/aromatic N) is 3. The molecule has 9 nitrogen and oxygen atoms in total. The van der Waals surface area contributed by atoms with Crippen LogP contribution >= 0.6 is 0 Å². The van der Waals surface area contributed by atoms with Crippen LogP contribution in [0.4, 0.5) is 14.7 Å². The van der Waals surface area contributed by atoms with E-state index in [4.69, 9.17) is 16.3 Å². The van der Waals surface area contributed by atoms with Crippen molar-refractivity contribution in [3.63, 3.8) is 0 Å². The minimum atomic E-state index is -2.69. The van der Waals surface area contributed by atoms with E-state index >= 15 is 4.39 Å². The number of alkyl halides is 1. The van der Waals surface area contributed by atoms with Gasteiger partial charge in [0.1, 0.15) is 17.6 Å². The standard InChI is InChI=1S/C15H17F2N5O4/c1-3-4-15(17)10(24)9(6(2)23)26-13(15)21-5-7(16)8-11(21)20-14(18)22(19)12(8)25/h5-6,9-10,13,23-24H,19H2,1-2H3,(H2,18,20)/t6-,9+,10?,13?,15?/m0/s1. The molecule has 26 heavy (non-hydrogen) atoms. The van der Waals surface area contributed by atoms with Gasteiger partial charge >= 0.3 is 0 Å². The topological polar surface area (TPSA) is 142 Å². The van der Waals surface area contributed by atoms with Gasteiger partial charge < -0.3 is 26.5 Å². The van der Waals surface area contributed by atoms with Crippen molar-refractivity contribution in [2.24, 2.45) is 0 Å². The van der Waals surface area contributed by atoms with Crippen LogP contribution in [0.25, 0.3) is 11.0 Å². The Morgan fingerprint density at radius 2 is 2.19 bits per heavy atom. The average molecular weight is 369 g/mol. The Balaban J connectivity index is 2.28. The van der Waals surface area contributed by atoms with E-state index in [0.717, 1.165) is 10.8 Å². The molecule has 2 aromatic rings. The summed E-state index contributed by atoms with van der Waals surface area (Å²) in [5, 5.41) is 19.5. The van der Waals surface area contributed by atoms with Gasteiger partial charge in [-0.25, -0.2) is 8.78 Å². The molecule has 0 radical (unpaired) electrons. The first-order chi connectivity index (χ1) is 12.1. The number of aliphatic hydroxyl groups is 2. The zero-order valence-electron chi connectivity index (χ0n) is 13.8. The predicted molar refractivity (Wildman–Crippen MR) is 87.4 cm³/mol. The number of aliphatic hydroxyl groups excluding tert-OH is 2. The Kier molecular flexibility index (Phi) is 4.14. The molecule has 0 aromatic carbocycles. The van der Waals surface area contributed by atoms with E-state index in [9.17, 15) is 19.4 Å². The minimum Gasteiger partial charge on any atom is -0.391 e. The van der Waals surface area contributed by atoms with Gasteiger partial charge in [-0.3, -0.25) is 9.36 Å². The van der Waals surface area contributed by atoms with Crippen LogP contribution in [-0.4, -0.2) is 48.4 Å². The molecule has 1 aliphatic rings. The second-order valence-corrected chi connectivity index (χ2v) is 6.01. The molecule has 0 spiro atoms. The van der Waals surface area contributed by atoms with Gasteiger partial charge in [0.15, 0.2) is 17.7 Å². The highest BCUT2D eigenvalue weighted by Gasteiger charge is 2.59. The van der Waals surface area contributed by atoms with Crippen LogP contribution in [0, 0.1) is 17.7 Å². The third kappa shape index (κ3) is 2.34. The molecule has 5 atom stereocenters. The van der Waals surface area contributed by atoms with Gasteiger partial charge in [0.05, 0.1) is 6.10 Å². The molecule has 0 bridgehead atoms. The van der Waals surface area contributed by atoms with Gasteiger partial charge in [0, 0.05) is 6.20 Å². The Labute approximate surface area is 145 Å². The highest BCUT2D eigenvalue weighted by molar-refractivity contribution is 5.77. The van der Waals surface area contributed by atoms with Crippen molar-refractivity contribution < 1.29 is 23.7 Å². The smallest absolute Gasteiger partial charge is 0.285 e.